The van der Waals surface area contributed by atoms with Gasteiger partial charge in [0.05, 0.1) is 0 Å². The monoisotopic (exact) mass is 291 g/mol. The molecular weight excluding hydrogens is 266 g/mol. The van der Waals surface area contributed by atoms with Crippen molar-refractivity contribution in [3.05, 3.63) is 35.9 Å². The number of carboxylic acids is 1. The predicted molar refractivity (Wildman–Crippen MR) is 82.7 cm³/mol. The molecule has 116 valence electrons. The minimum absolute atomic E-state index is 0.0538. The van der Waals surface area contributed by atoms with E-state index in [4.69, 9.17) is 0 Å². The Kier molecular flexibility index (Phi) is 5.53. The van der Waals surface area contributed by atoms with E-state index < -0.39 is 17.3 Å². The lowest BCUT2D eigenvalue weighted by molar-refractivity contribution is -0.157. The third-order valence-corrected chi connectivity index (χ3v) is 3.46. The molecule has 0 spiro atoms. The van der Waals surface area contributed by atoms with Gasteiger partial charge in [0.15, 0.2) is 0 Å². The molecule has 0 bridgehead atoms. The first-order valence-electron chi connectivity index (χ1n) is 7.21. The molecule has 0 heterocycles. The molecule has 4 heteroatoms. The number of hydrogen-bond donors (Lipinski definition) is 1. The van der Waals surface area contributed by atoms with Crippen LogP contribution < -0.4 is 0 Å². The Morgan fingerprint density at radius 1 is 1.14 bits per heavy atom. The summed E-state index contributed by atoms with van der Waals surface area (Å²) < 4.78 is 0. The van der Waals surface area contributed by atoms with Gasteiger partial charge in [-0.15, -0.1) is 0 Å². The van der Waals surface area contributed by atoms with Gasteiger partial charge in [-0.25, -0.2) is 0 Å². The number of amides is 1. The first kappa shape index (κ1) is 17.2. The van der Waals surface area contributed by atoms with Crippen molar-refractivity contribution in [3.8, 4) is 0 Å². The highest BCUT2D eigenvalue weighted by molar-refractivity contribution is 5.97. The van der Waals surface area contributed by atoms with E-state index in [2.05, 4.69) is 0 Å². The van der Waals surface area contributed by atoms with Crippen LogP contribution in [0.1, 0.15) is 40.2 Å². The van der Waals surface area contributed by atoms with Crippen LogP contribution in [-0.4, -0.2) is 27.9 Å². The second-order valence-corrected chi connectivity index (χ2v) is 6.68. The molecule has 1 aromatic rings. The van der Waals surface area contributed by atoms with Crippen molar-refractivity contribution in [1.82, 2.24) is 4.90 Å². The minimum atomic E-state index is -1.06. The average Bonchev–Trinajstić information content (AvgIpc) is 2.34. The van der Waals surface area contributed by atoms with Gasteiger partial charge in [0.1, 0.15) is 5.92 Å². The second kappa shape index (κ2) is 6.74. The molecule has 0 aliphatic rings. The summed E-state index contributed by atoms with van der Waals surface area (Å²) in [4.78, 5) is 25.9. The van der Waals surface area contributed by atoms with Crippen molar-refractivity contribution in [1.29, 1.82) is 0 Å². The summed E-state index contributed by atoms with van der Waals surface area (Å²) in [6.07, 6.45) is 0. The third kappa shape index (κ3) is 4.59. The summed E-state index contributed by atoms with van der Waals surface area (Å²) in [6, 6.07) is 9.57. The smallest absolute Gasteiger partial charge is 0.316 e. The zero-order valence-corrected chi connectivity index (χ0v) is 13.5. The van der Waals surface area contributed by atoms with Gasteiger partial charge >= 0.3 is 5.97 Å². The summed E-state index contributed by atoms with van der Waals surface area (Å²) in [5.74, 6) is -2.43. The lowest BCUT2D eigenvalue weighted by atomic mass is 9.79. The van der Waals surface area contributed by atoms with Gasteiger partial charge in [-0.05, 0) is 24.8 Å². The molecule has 1 atom stereocenters. The number of aliphatic carboxylic acids is 1. The molecule has 4 nitrogen and oxygen atoms in total. The van der Waals surface area contributed by atoms with Crippen molar-refractivity contribution in [2.24, 2.45) is 11.3 Å². The van der Waals surface area contributed by atoms with E-state index in [9.17, 15) is 14.7 Å². The van der Waals surface area contributed by atoms with Crippen molar-refractivity contribution in [3.63, 3.8) is 0 Å². The van der Waals surface area contributed by atoms with Gasteiger partial charge in [0.25, 0.3) is 0 Å². The number of carbonyl (C=O) groups excluding carboxylic acids is 1. The molecule has 21 heavy (non-hydrogen) atoms. The molecule has 0 radical (unpaired) electrons. The third-order valence-electron chi connectivity index (χ3n) is 3.46. The summed E-state index contributed by atoms with van der Waals surface area (Å²) in [7, 11) is 0. The molecule has 1 N–H and O–H groups in total. The van der Waals surface area contributed by atoms with Crippen LogP contribution >= 0.6 is 0 Å². The van der Waals surface area contributed by atoms with Crippen LogP contribution in [0.4, 0.5) is 0 Å². The Labute approximate surface area is 126 Å². The normalized spacial score (nSPS) is 13.0. The van der Waals surface area contributed by atoms with E-state index in [1.54, 1.807) is 25.7 Å². The van der Waals surface area contributed by atoms with Crippen LogP contribution in [0, 0.1) is 11.3 Å². The average molecular weight is 291 g/mol. The molecule has 1 aromatic carbocycles. The number of nitrogens with zero attached hydrogens (tertiary/aromatic N) is 1. The molecule has 1 unspecified atom stereocenters. The highest BCUT2D eigenvalue weighted by Crippen LogP contribution is 2.29. The van der Waals surface area contributed by atoms with Crippen LogP contribution in [0.5, 0.6) is 0 Å². The fraction of sp³-hybridized carbons (Fsp3) is 0.529. The zero-order chi connectivity index (χ0) is 16.2. The Bertz CT molecular complexity index is 489. The fourth-order valence-electron chi connectivity index (χ4n) is 2.31. The predicted octanol–water partition coefficient (Wildman–Crippen LogP) is 3.17. The maximum atomic E-state index is 12.7. The van der Waals surface area contributed by atoms with Crippen molar-refractivity contribution < 1.29 is 14.7 Å². The summed E-state index contributed by atoms with van der Waals surface area (Å²) in [6.45, 7) is 9.59. The Balaban J connectivity index is 3.04. The highest BCUT2D eigenvalue weighted by Gasteiger charge is 2.40. The molecule has 0 saturated carbocycles. The van der Waals surface area contributed by atoms with E-state index in [1.165, 1.54) is 0 Å². The van der Waals surface area contributed by atoms with E-state index in [1.807, 2.05) is 44.2 Å². The number of hydrogen-bond acceptors (Lipinski definition) is 2. The molecule has 0 aliphatic carbocycles. The first-order valence-corrected chi connectivity index (χ1v) is 7.21. The second-order valence-electron chi connectivity index (χ2n) is 6.68. The van der Waals surface area contributed by atoms with Crippen molar-refractivity contribution >= 4 is 11.9 Å². The number of carbonyl (C=O) groups is 2. The largest absolute Gasteiger partial charge is 0.481 e. The van der Waals surface area contributed by atoms with Gasteiger partial charge in [-0.2, -0.15) is 0 Å². The molecular formula is C17H25NO3. The Morgan fingerprint density at radius 2 is 1.67 bits per heavy atom. The summed E-state index contributed by atoms with van der Waals surface area (Å²) in [5, 5.41) is 9.43. The first-order chi connectivity index (χ1) is 9.64. The van der Waals surface area contributed by atoms with Gasteiger partial charge < -0.3 is 10.0 Å². The summed E-state index contributed by atoms with van der Waals surface area (Å²) in [5.41, 5.74) is 0.379. The lowest BCUT2D eigenvalue weighted by Crippen LogP contribution is -2.47. The van der Waals surface area contributed by atoms with Gasteiger partial charge in [-0.1, -0.05) is 51.1 Å². The van der Waals surface area contributed by atoms with Crippen molar-refractivity contribution in [2.75, 3.05) is 0 Å². The van der Waals surface area contributed by atoms with Crippen molar-refractivity contribution in [2.45, 2.75) is 47.2 Å². The van der Waals surface area contributed by atoms with Crippen LogP contribution in [-0.2, 0) is 16.1 Å². The molecule has 0 aromatic heterocycles. The van der Waals surface area contributed by atoms with Gasteiger partial charge in [-0.3, -0.25) is 9.59 Å². The SMILES string of the molecule is CC(C)N(Cc1ccccc1)C(=O)C(C(=O)O)C(C)(C)C. The maximum Gasteiger partial charge on any atom is 0.316 e. The summed E-state index contributed by atoms with van der Waals surface area (Å²) >= 11 is 0. The number of carboxylic acid groups (broad SMARTS) is 1. The zero-order valence-electron chi connectivity index (χ0n) is 13.5. The van der Waals surface area contributed by atoms with E-state index >= 15 is 0 Å². The highest BCUT2D eigenvalue weighted by atomic mass is 16.4. The van der Waals surface area contributed by atoms with E-state index in [0.29, 0.717) is 6.54 Å². The maximum absolute atomic E-state index is 12.7. The lowest BCUT2D eigenvalue weighted by Gasteiger charge is -2.34. The van der Waals surface area contributed by atoms with Crippen LogP contribution in [0.2, 0.25) is 0 Å². The van der Waals surface area contributed by atoms with E-state index in [-0.39, 0.29) is 11.9 Å². The molecule has 0 aliphatic heterocycles. The van der Waals surface area contributed by atoms with Gasteiger partial charge in [0, 0.05) is 12.6 Å². The Hall–Kier alpha value is -1.84. The van der Waals surface area contributed by atoms with Crippen LogP contribution in [0.15, 0.2) is 30.3 Å². The fourth-order valence-corrected chi connectivity index (χ4v) is 2.31. The molecule has 0 saturated heterocycles. The quantitative estimate of drug-likeness (QED) is 0.848. The van der Waals surface area contributed by atoms with E-state index in [0.717, 1.165) is 5.56 Å². The van der Waals surface area contributed by atoms with Crippen LogP contribution in [0.25, 0.3) is 0 Å². The van der Waals surface area contributed by atoms with Crippen LogP contribution in [0.3, 0.4) is 0 Å². The van der Waals surface area contributed by atoms with Gasteiger partial charge in [0.2, 0.25) is 5.91 Å². The molecule has 1 amide bonds. The Morgan fingerprint density at radius 3 is 2.05 bits per heavy atom. The number of rotatable bonds is 5. The number of benzene rings is 1. The molecule has 0 fully saturated rings. The topological polar surface area (TPSA) is 57.6 Å². The molecule has 1 rings (SSSR count). The standard InChI is InChI=1S/C17H25NO3/c1-12(2)18(11-13-9-7-6-8-10-13)15(19)14(16(20)21)17(3,4)5/h6-10,12,14H,11H2,1-5H3,(H,20,21). The minimum Gasteiger partial charge on any atom is -0.481 e.